The van der Waals surface area contributed by atoms with Crippen LogP contribution in [-0.4, -0.2) is 15.7 Å². The first kappa shape index (κ1) is 15.6. The Morgan fingerprint density at radius 2 is 2.10 bits per heavy atom. The van der Waals surface area contributed by atoms with Crippen LogP contribution < -0.4 is 0 Å². The first-order valence-electron chi connectivity index (χ1n) is 6.14. The lowest BCUT2D eigenvalue weighted by Crippen LogP contribution is -2.11. The van der Waals surface area contributed by atoms with Gasteiger partial charge in [0.25, 0.3) is 0 Å². The predicted octanol–water partition coefficient (Wildman–Crippen LogP) is 5.44. The molecule has 0 aliphatic heterocycles. The molecule has 0 saturated carbocycles. The third-order valence-electron chi connectivity index (χ3n) is 2.94. The maximum Gasteiger partial charge on any atom is 0.389 e. The Kier molecular flexibility index (Phi) is 4.64. The van der Waals surface area contributed by atoms with Gasteiger partial charge in [0.1, 0.15) is 5.82 Å². The summed E-state index contributed by atoms with van der Waals surface area (Å²) in [4.78, 5) is 4.40. The summed E-state index contributed by atoms with van der Waals surface area (Å²) < 4.78 is 39.4. The van der Waals surface area contributed by atoms with Gasteiger partial charge in [0.15, 0.2) is 0 Å². The highest BCUT2D eigenvalue weighted by Gasteiger charge is 2.26. The van der Waals surface area contributed by atoms with Gasteiger partial charge in [-0.05, 0) is 31.5 Å². The Morgan fingerprint density at radius 3 is 2.70 bits per heavy atom. The van der Waals surface area contributed by atoms with Gasteiger partial charge in [0.05, 0.1) is 16.4 Å². The molecule has 2 nitrogen and oxygen atoms in total. The molecule has 1 atom stereocenters. The second-order valence-corrected chi connectivity index (χ2v) is 6.16. The van der Waals surface area contributed by atoms with Crippen molar-refractivity contribution in [2.45, 2.75) is 37.9 Å². The molecule has 2 rings (SSSR count). The van der Waals surface area contributed by atoms with Crippen molar-refractivity contribution < 1.29 is 13.2 Å². The van der Waals surface area contributed by atoms with Gasteiger partial charge in [-0.25, -0.2) is 4.98 Å². The zero-order valence-corrected chi connectivity index (χ0v) is 13.1. The first-order valence-corrected chi connectivity index (χ1v) is 7.37. The van der Waals surface area contributed by atoms with Gasteiger partial charge in [-0.1, -0.05) is 15.9 Å². The number of fused-ring (bicyclic) bond motifs is 1. The Hall–Kier alpha value is -0.750. The number of rotatable bonds is 4. The lowest BCUT2D eigenvalue weighted by atomic mass is 10.2. The second kappa shape index (κ2) is 5.93. The number of imidazole rings is 1. The number of hydrogen-bond acceptors (Lipinski definition) is 1. The predicted molar refractivity (Wildman–Crippen MR) is 77.0 cm³/mol. The van der Waals surface area contributed by atoms with Crippen LogP contribution in [-0.2, 0) is 6.54 Å². The average Bonchev–Trinajstić information content (AvgIpc) is 2.66. The fourth-order valence-corrected chi connectivity index (χ4v) is 2.61. The molecule has 7 heteroatoms. The summed E-state index contributed by atoms with van der Waals surface area (Å²) in [6, 6.07) is 5.51. The molecule has 0 N–H and O–H groups in total. The van der Waals surface area contributed by atoms with Crippen molar-refractivity contribution in [1.82, 2.24) is 9.55 Å². The second-order valence-electron chi connectivity index (χ2n) is 4.59. The molecular weight excluding hydrogens is 357 g/mol. The van der Waals surface area contributed by atoms with Crippen LogP contribution in [0, 0.1) is 0 Å². The zero-order valence-electron chi connectivity index (χ0n) is 10.7. The molecule has 1 aromatic heterocycles. The largest absolute Gasteiger partial charge is 0.389 e. The maximum atomic E-state index is 12.3. The minimum atomic E-state index is -4.14. The maximum absolute atomic E-state index is 12.3. The summed E-state index contributed by atoms with van der Waals surface area (Å²) in [5.41, 5.74) is 1.53. The number of alkyl halides is 4. The molecule has 1 heterocycles. The molecule has 0 fully saturated rings. The molecule has 2 aromatic rings. The standard InChI is InChI=1S/C13H13BrClF3N2/c1-8(15)12-19-10-4-3-9(14)7-11(10)20(12)6-2-5-13(16,17)18/h3-4,7-8H,2,5-6H2,1H3. The highest BCUT2D eigenvalue weighted by molar-refractivity contribution is 9.10. The van der Waals surface area contributed by atoms with Crippen LogP contribution in [0.4, 0.5) is 13.2 Å². The normalized spacial score (nSPS) is 13.9. The molecule has 0 aliphatic rings. The van der Waals surface area contributed by atoms with Crippen LogP contribution >= 0.6 is 27.5 Å². The van der Waals surface area contributed by atoms with E-state index >= 15 is 0 Å². The fraction of sp³-hybridized carbons (Fsp3) is 0.462. The van der Waals surface area contributed by atoms with E-state index < -0.39 is 12.6 Å². The van der Waals surface area contributed by atoms with Crippen LogP contribution in [0.2, 0.25) is 0 Å². The summed E-state index contributed by atoms with van der Waals surface area (Å²) >= 11 is 9.43. The van der Waals surface area contributed by atoms with Crippen molar-refractivity contribution in [2.24, 2.45) is 0 Å². The molecule has 1 aromatic carbocycles. The minimum Gasteiger partial charge on any atom is -0.327 e. The van der Waals surface area contributed by atoms with Crippen molar-refractivity contribution >= 4 is 38.6 Å². The topological polar surface area (TPSA) is 17.8 Å². The Bertz CT molecular complexity index is 607. The van der Waals surface area contributed by atoms with Crippen LogP contribution in [0.25, 0.3) is 11.0 Å². The molecule has 20 heavy (non-hydrogen) atoms. The number of aromatic nitrogens is 2. The van der Waals surface area contributed by atoms with E-state index in [-0.39, 0.29) is 18.3 Å². The van der Waals surface area contributed by atoms with E-state index in [0.717, 1.165) is 15.5 Å². The van der Waals surface area contributed by atoms with Gasteiger partial charge < -0.3 is 4.57 Å². The van der Waals surface area contributed by atoms with E-state index in [0.29, 0.717) is 5.82 Å². The summed E-state index contributed by atoms with van der Waals surface area (Å²) in [5.74, 6) is 0.599. The van der Waals surface area contributed by atoms with E-state index in [1.165, 1.54) is 0 Å². The average molecular weight is 370 g/mol. The number of nitrogens with zero attached hydrogens (tertiary/aromatic N) is 2. The van der Waals surface area contributed by atoms with E-state index in [1.807, 2.05) is 18.2 Å². The van der Waals surface area contributed by atoms with Crippen molar-refractivity contribution in [2.75, 3.05) is 0 Å². The van der Waals surface area contributed by atoms with E-state index in [2.05, 4.69) is 20.9 Å². The first-order chi connectivity index (χ1) is 9.28. The van der Waals surface area contributed by atoms with E-state index in [1.54, 1.807) is 11.5 Å². The van der Waals surface area contributed by atoms with Gasteiger partial charge in [0, 0.05) is 17.4 Å². The molecule has 1 unspecified atom stereocenters. The fourth-order valence-electron chi connectivity index (χ4n) is 2.09. The highest BCUT2D eigenvalue weighted by atomic mass is 79.9. The molecule has 0 amide bonds. The van der Waals surface area contributed by atoms with Crippen LogP contribution in [0.3, 0.4) is 0 Å². The number of benzene rings is 1. The summed E-state index contributed by atoms with van der Waals surface area (Å²) in [6.07, 6.45) is -4.93. The Balaban J connectivity index is 2.33. The van der Waals surface area contributed by atoms with E-state index in [9.17, 15) is 13.2 Å². The molecule has 0 spiro atoms. The SMILES string of the molecule is CC(Cl)c1nc2ccc(Br)cc2n1CCCC(F)(F)F. The van der Waals surface area contributed by atoms with Crippen molar-refractivity contribution in [3.8, 4) is 0 Å². The van der Waals surface area contributed by atoms with Crippen LogP contribution in [0.5, 0.6) is 0 Å². The molecule has 110 valence electrons. The molecule has 0 radical (unpaired) electrons. The zero-order chi connectivity index (χ0) is 14.9. The van der Waals surface area contributed by atoms with Crippen molar-refractivity contribution in [1.29, 1.82) is 0 Å². The summed E-state index contributed by atoms with van der Waals surface area (Å²) in [7, 11) is 0. The van der Waals surface area contributed by atoms with Gasteiger partial charge in [-0.3, -0.25) is 0 Å². The quantitative estimate of drug-likeness (QED) is 0.656. The smallest absolute Gasteiger partial charge is 0.327 e. The van der Waals surface area contributed by atoms with Crippen LogP contribution in [0.1, 0.15) is 31.0 Å². The van der Waals surface area contributed by atoms with Crippen LogP contribution in [0.15, 0.2) is 22.7 Å². The lowest BCUT2D eigenvalue weighted by Gasteiger charge is -2.11. The Morgan fingerprint density at radius 1 is 1.40 bits per heavy atom. The molecule has 0 bridgehead atoms. The van der Waals surface area contributed by atoms with Crippen molar-refractivity contribution in [3.63, 3.8) is 0 Å². The summed E-state index contributed by atoms with van der Waals surface area (Å²) in [5, 5.41) is -0.355. The third kappa shape index (κ3) is 3.67. The molecular formula is C13H13BrClF3N2. The number of halogens is 5. The number of hydrogen-bond donors (Lipinski definition) is 0. The summed E-state index contributed by atoms with van der Waals surface area (Å²) in [6.45, 7) is 2.01. The Labute approximate surface area is 128 Å². The van der Waals surface area contributed by atoms with Gasteiger partial charge >= 0.3 is 6.18 Å². The molecule has 0 saturated heterocycles. The molecule has 0 aliphatic carbocycles. The van der Waals surface area contributed by atoms with Gasteiger partial charge in [-0.15, -0.1) is 11.6 Å². The minimum absolute atomic E-state index is 0.0120. The monoisotopic (exact) mass is 368 g/mol. The van der Waals surface area contributed by atoms with Gasteiger partial charge in [-0.2, -0.15) is 13.2 Å². The lowest BCUT2D eigenvalue weighted by molar-refractivity contribution is -0.135. The highest BCUT2D eigenvalue weighted by Crippen LogP contribution is 2.28. The van der Waals surface area contributed by atoms with Gasteiger partial charge in [0.2, 0.25) is 0 Å². The van der Waals surface area contributed by atoms with E-state index in [4.69, 9.17) is 11.6 Å². The number of aryl methyl sites for hydroxylation is 1. The van der Waals surface area contributed by atoms with Crippen molar-refractivity contribution in [3.05, 3.63) is 28.5 Å². The third-order valence-corrected chi connectivity index (χ3v) is 3.63.